The van der Waals surface area contributed by atoms with E-state index in [-0.39, 0.29) is 19.7 Å². The first-order valence-corrected chi connectivity index (χ1v) is 9.29. The fourth-order valence-electron chi connectivity index (χ4n) is 3.47. The third-order valence-corrected chi connectivity index (χ3v) is 4.96. The zero-order valence-electron chi connectivity index (χ0n) is 16.0. The average Bonchev–Trinajstić information content (AvgIpc) is 3.24. The molecule has 0 radical (unpaired) electrons. The predicted molar refractivity (Wildman–Crippen MR) is 97.9 cm³/mol. The van der Waals surface area contributed by atoms with Gasteiger partial charge in [0, 0.05) is 12.5 Å². The molecule has 27 heavy (non-hydrogen) atoms. The molecule has 1 aliphatic carbocycles. The van der Waals surface area contributed by atoms with Crippen LogP contribution in [0.3, 0.4) is 0 Å². The van der Waals surface area contributed by atoms with Crippen molar-refractivity contribution < 1.29 is 23.5 Å². The van der Waals surface area contributed by atoms with Gasteiger partial charge in [-0.25, -0.2) is 14.0 Å². The van der Waals surface area contributed by atoms with Gasteiger partial charge < -0.3 is 19.7 Å². The average molecular weight is 378 g/mol. The highest BCUT2D eigenvalue weighted by molar-refractivity contribution is 5.70. The molecule has 2 atom stereocenters. The van der Waals surface area contributed by atoms with Gasteiger partial charge in [0.05, 0.1) is 12.1 Å². The molecule has 1 aliphatic heterocycles. The first-order valence-electron chi connectivity index (χ1n) is 9.29. The van der Waals surface area contributed by atoms with Crippen molar-refractivity contribution in [2.24, 2.45) is 5.92 Å². The normalized spacial score (nSPS) is 23.6. The van der Waals surface area contributed by atoms with Crippen molar-refractivity contribution in [3.8, 4) is 0 Å². The number of amides is 2. The Morgan fingerprint density at radius 1 is 1.22 bits per heavy atom. The second kappa shape index (κ2) is 7.37. The quantitative estimate of drug-likeness (QED) is 0.868. The van der Waals surface area contributed by atoms with Crippen LogP contribution in [0, 0.1) is 5.92 Å². The minimum Gasteiger partial charge on any atom is -0.445 e. The number of ether oxygens (including phenoxy) is 2. The molecule has 1 aromatic rings. The lowest BCUT2D eigenvalue weighted by atomic mass is 9.95. The summed E-state index contributed by atoms with van der Waals surface area (Å²) in [6, 6.07) is 9.35. The zero-order chi connectivity index (χ0) is 19.7. The number of benzene rings is 1. The van der Waals surface area contributed by atoms with E-state index in [0.29, 0.717) is 12.8 Å². The molecule has 0 aromatic heterocycles. The SMILES string of the molecule is CC(C)(C)OC(=O)NC1(C2CN(C(=O)OCc3ccccc3)CC2F)CC1. The van der Waals surface area contributed by atoms with Crippen LogP contribution in [-0.2, 0) is 16.1 Å². The number of halogens is 1. The first kappa shape index (κ1) is 19.5. The number of alkyl halides is 1. The minimum atomic E-state index is -1.20. The molecule has 3 rings (SSSR count). The maximum Gasteiger partial charge on any atom is 0.410 e. The molecule has 6 nitrogen and oxygen atoms in total. The lowest BCUT2D eigenvalue weighted by Gasteiger charge is -2.27. The summed E-state index contributed by atoms with van der Waals surface area (Å²) in [5, 5.41) is 2.83. The first-order chi connectivity index (χ1) is 12.7. The third-order valence-electron chi connectivity index (χ3n) is 4.96. The molecule has 148 valence electrons. The fraction of sp³-hybridized carbons (Fsp3) is 0.600. The van der Waals surface area contributed by atoms with Gasteiger partial charge in [-0.2, -0.15) is 0 Å². The number of alkyl carbamates (subject to hydrolysis) is 1. The van der Waals surface area contributed by atoms with Crippen LogP contribution in [0.25, 0.3) is 0 Å². The van der Waals surface area contributed by atoms with Crippen LogP contribution in [0.5, 0.6) is 0 Å². The Kier molecular flexibility index (Phi) is 5.31. The molecule has 1 saturated heterocycles. The molecule has 2 aliphatic rings. The lowest BCUT2D eigenvalue weighted by molar-refractivity contribution is 0.0461. The van der Waals surface area contributed by atoms with Gasteiger partial charge in [-0.1, -0.05) is 30.3 Å². The second-order valence-corrected chi connectivity index (χ2v) is 8.35. The number of nitrogens with one attached hydrogen (secondary N) is 1. The number of nitrogens with zero attached hydrogens (tertiary/aromatic N) is 1. The van der Waals surface area contributed by atoms with Gasteiger partial charge in [0.15, 0.2) is 0 Å². The number of hydrogen-bond acceptors (Lipinski definition) is 4. The van der Waals surface area contributed by atoms with E-state index in [1.165, 1.54) is 4.90 Å². The van der Waals surface area contributed by atoms with Crippen molar-refractivity contribution in [3.05, 3.63) is 35.9 Å². The molecule has 1 saturated carbocycles. The largest absolute Gasteiger partial charge is 0.445 e. The number of hydrogen-bond donors (Lipinski definition) is 1. The highest BCUT2D eigenvalue weighted by atomic mass is 19.1. The van der Waals surface area contributed by atoms with Crippen molar-refractivity contribution in [2.75, 3.05) is 13.1 Å². The topological polar surface area (TPSA) is 67.9 Å². The van der Waals surface area contributed by atoms with Gasteiger partial charge in [0.25, 0.3) is 0 Å². The summed E-state index contributed by atoms with van der Waals surface area (Å²) < 4.78 is 25.2. The van der Waals surface area contributed by atoms with Crippen LogP contribution < -0.4 is 5.32 Å². The van der Waals surface area contributed by atoms with Crippen molar-refractivity contribution in [3.63, 3.8) is 0 Å². The van der Waals surface area contributed by atoms with Gasteiger partial charge >= 0.3 is 12.2 Å². The number of carbonyl (C=O) groups excluding carboxylic acids is 2. The molecule has 1 N–H and O–H groups in total. The Bertz CT molecular complexity index is 685. The minimum absolute atomic E-state index is 0.0178. The Morgan fingerprint density at radius 3 is 2.48 bits per heavy atom. The van der Waals surface area contributed by atoms with Crippen LogP contribution in [-0.4, -0.2) is 47.5 Å². The van der Waals surface area contributed by atoms with Crippen molar-refractivity contribution in [2.45, 2.75) is 57.5 Å². The predicted octanol–water partition coefficient (Wildman–Crippen LogP) is 3.65. The Balaban J connectivity index is 1.54. The molecular formula is C20H27FN2O4. The number of likely N-dealkylation sites (tertiary alicyclic amines) is 1. The highest BCUT2D eigenvalue weighted by Gasteiger charge is 2.57. The zero-order valence-corrected chi connectivity index (χ0v) is 16.0. The number of rotatable bonds is 4. The van der Waals surface area contributed by atoms with E-state index < -0.39 is 35.4 Å². The molecule has 2 fully saturated rings. The monoisotopic (exact) mass is 378 g/mol. The van der Waals surface area contributed by atoms with E-state index >= 15 is 0 Å². The Hall–Kier alpha value is -2.31. The van der Waals surface area contributed by atoms with E-state index in [4.69, 9.17) is 9.47 Å². The van der Waals surface area contributed by atoms with Crippen LogP contribution in [0.2, 0.25) is 0 Å². The van der Waals surface area contributed by atoms with Gasteiger partial charge in [-0.05, 0) is 39.2 Å². The van der Waals surface area contributed by atoms with Crippen LogP contribution in [0.4, 0.5) is 14.0 Å². The van der Waals surface area contributed by atoms with E-state index in [9.17, 15) is 14.0 Å². The summed E-state index contributed by atoms with van der Waals surface area (Å²) >= 11 is 0. The molecule has 7 heteroatoms. The second-order valence-electron chi connectivity index (χ2n) is 8.35. The maximum atomic E-state index is 14.6. The molecule has 2 amide bonds. The van der Waals surface area contributed by atoms with E-state index in [1.807, 2.05) is 30.3 Å². The summed E-state index contributed by atoms with van der Waals surface area (Å²) in [4.78, 5) is 25.8. The van der Waals surface area contributed by atoms with E-state index in [0.717, 1.165) is 5.56 Å². The summed E-state index contributed by atoms with van der Waals surface area (Å²) in [7, 11) is 0. The van der Waals surface area contributed by atoms with E-state index in [2.05, 4.69) is 5.32 Å². The smallest absolute Gasteiger partial charge is 0.410 e. The summed E-state index contributed by atoms with van der Waals surface area (Å²) in [5.74, 6) is -0.450. The maximum absolute atomic E-state index is 14.6. The van der Waals surface area contributed by atoms with E-state index in [1.54, 1.807) is 20.8 Å². The standard InChI is InChI=1S/C20H27FN2O4/c1-19(2,3)27-17(24)22-20(9-10-20)15-11-23(12-16(15)21)18(25)26-13-14-7-5-4-6-8-14/h4-8,15-16H,9-13H2,1-3H3,(H,22,24). The Morgan fingerprint density at radius 2 is 1.89 bits per heavy atom. The van der Waals surface area contributed by atoms with Crippen molar-refractivity contribution >= 4 is 12.2 Å². The molecule has 0 spiro atoms. The number of carbonyl (C=O) groups is 2. The van der Waals surface area contributed by atoms with Crippen LogP contribution in [0.1, 0.15) is 39.2 Å². The van der Waals surface area contributed by atoms with Crippen molar-refractivity contribution in [1.29, 1.82) is 0 Å². The van der Waals surface area contributed by atoms with Gasteiger partial charge in [-0.15, -0.1) is 0 Å². The lowest BCUT2D eigenvalue weighted by Crippen LogP contribution is -2.48. The Labute approximate surface area is 159 Å². The molecule has 0 bridgehead atoms. The molecule has 1 heterocycles. The third kappa shape index (κ3) is 4.90. The van der Waals surface area contributed by atoms with Crippen molar-refractivity contribution in [1.82, 2.24) is 10.2 Å². The summed E-state index contributed by atoms with van der Waals surface area (Å²) in [5.41, 5.74) is -0.363. The highest BCUT2D eigenvalue weighted by Crippen LogP contribution is 2.47. The molecule has 1 aromatic carbocycles. The van der Waals surface area contributed by atoms with Gasteiger partial charge in [0.1, 0.15) is 18.4 Å². The molecule has 2 unspecified atom stereocenters. The van der Waals surface area contributed by atoms with Gasteiger partial charge in [0.2, 0.25) is 0 Å². The fourth-order valence-corrected chi connectivity index (χ4v) is 3.47. The molecular weight excluding hydrogens is 351 g/mol. The van der Waals surface area contributed by atoms with Crippen LogP contribution >= 0.6 is 0 Å². The van der Waals surface area contributed by atoms with Gasteiger partial charge in [-0.3, -0.25) is 0 Å². The van der Waals surface area contributed by atoms with Crippen LogP contribution in [0.15, 0.2) is 30.3 Å². The summed E-state index contributed by atoms with van der Waals surface area (Å²) in [6.07, 6.45) is -0.907. The summed E-state index contributed by atoms with van der Waals surface area (Å²) in [6.45, 7) is 5.71.